The first-order valence-electron chi connectivity index (χ1n) is 3.83. The molecule has 0 radical (unpaired) electrons. The quantitative estimate of drug-likeness (QED) is 0.347. The number of rotatable bonds is 3. The standard InChI is InChI=1S/C7H4ClN3O5/c1-3-5(11(14)15)2-4(6(8)9-3)7(12)16-10-13/h2H,1H3. The number of aromatic nitrogens is 1. The van der Waals surface area contributed by atoms with Crippen LogP contribution in [0.1, 0.15) is 16.1 Å². The van der Waals surface area contributed by atoms with Gasteiger partial charge in [0.25, 0.3) is 5.69 Å². The van der Waals surface area contributed by atoms with Crippen molar-refractivity contribution in [2.75, 3.05) is 0 Å². The van der Waals surface area contributed by atoms with E-state index in [0.717, 1.165) is 6.07 Å². The fourth-order valence-electron chi connectivity index (χ4n) is 0.976. The molecule has 0 N–H and O–H groups in total. The molecular weight excluding hydrogens is 242 g/mol. The average Bonchev–Trinajstić information content (AvgIpc) is 2.17. The third kappa shape index (κ3) is 2.28. The molecule has 0 aliphatic carbocycles. The minimum Gasteiger partial charge on any atom is -0.279 e. The molecule has 1 aromatic heterocycles. The molecule has 0 atom stereocenters. The van der Waals surface area contributed by atoms with Crippen LogP contribution >= 0.6 is 11.6 Å². The molecule has 0 saturated carbocycles. The van der Waals surface area contributed by atoms with E-state index in [1.165, 1.54) is 6.92 Å². The molecule has 1 aromatic rings. The highest BCUT2D eigenvalue weighted by Crippen LogP contribution is 2.23. The monoisotopic (exact) mass is 245 g/mol. The van der Waals surface area contributed by atoms with Crippen molar-refractivity contribution < 1.29 is 14.6 Å². The van der Waals surface area contributed by atoms with Crippen molar-refractivity contribution in [2.24, 2.45) is 5.34 Å². The fraction of sp³-hybridized carbons (Fsp3) is 0.143. The highest BCUT2D eigenvalue weighted by molar-refractivity contribution is 6.32. The number of hydrogen-bond acceptors (Lipinski definition) is 7. The molecule has 0 bridgehead atoms. The van der Waals surface area contributed by atoms with Crippen LogP contribution in [-0.4, -0.2) is 15.9 Å². The van der Waals surface area contributed by atoms with Crippen LogP contribution in [0.25, 0.3) is 0 Å². The summed E-state index contributed by atoms with van der Waals surface area (Å²) in [7, 11) is 0. The molecule has 0 aliphatic rings. The zero-order chi connectivity index (χ0) is 12.3. The average molecular weight is 246 g/mol. The summed E-state index contributed by atoms with van der Waals surface area (Å²) in [6.07, 6.45) is 0. The van der Waals surface area contributed by atoms with E-state index in [0.29, 0.717) is 0 Å². The lowest BCUT2D eigenvalue weighted by atomic mass is 10.2. The topological polar surface area (TPSA) is 112 Å². The molecule has 8 nitrogen and oxygen atoms in total. The van der Waals surface area contributed by atoms with Gasteiger partial charge in [-0.2, -0.15) is 0 Å². The second kappa shape index (κ2) is 4.62. The van der Waals surface area contributed by atoms with E-state index >= 15 is 0 Å². The van der Waals surface area contributed by atoms with E-state index in [9.17, 15) is 19.8 Å². The maximum atomic E-state index is 11.1. The zero-order valence-electron chi connectivity index (χ0n) is 7.84. The minimum atomic E-state index is -1.20. The van der Waals surface area contributed by atoms with Gasteiger partial charge in [-0.25, -0.2) is 9.78 Å². The number of pyridine rings is 1. The predicted octanol–water partition coefficient (Wildman–Crippen LogP) is 1.79. The summed E-state index contributed by atoms with van der Waals surface area (Å²) in [5.41, 5.74) is -0.744. The Balaban J connectivity index is 3.29. The molecule has 0 spiro atoms. The maximum absolute atomic E-state index is 11.1. The Labute approximate surface area is 93.3 Å². The molecule has 0 aliphatic heterocycles. The van der Waals surface area contributed by atoms with Crippen LogP contribution in [0.2, 0.25) is 5.15 Å². The number of carbonyl (C=O) groups excluding carboxylic acids is 1. The van der Waals surface area contributed by atoms with Crippen molar-refractivity contribution in [3.05, 3.63) is 37.5 Å². The molecule has 0 amide bonds. The Morgan fingerprint density at radius 2 is 2.31 bits per heavy atom. The van der Waals surface area contributed by atoms with Crippen molar-refractivity contribution in [1.82, 2.24) is 4.98 Å². The highest BCUT2D eigenvalue weighted by Gasteiger charge is 2.21. The Kier molecular flexibility index (Phi) is 3.46. The van der Waals surface area contributed by atoms with Crippen molar-refractivity contribution in [1.29, 1.82) is 0 Å². The fourth-order valence-corrected chi connectivity index (χ4v) is 1.23. The minimum absolute atomic E-state index is 0.0469. The van der Waals surface area contributed by atoms with Gasteiger partial charge in [0.1, 0.15) is 16.4 Å². The van der Waals surface area contributed by atoms with E-state index < -0.39 is 22.1 Å². The van der Waals surface area contributed by atoms with Gasteiger partial charge in [0.05, 0.1) is 4.92 Å². The summed E-state index contributed by atoms with van der Waals surface area (Å²) in [4.78, 5) is 37.9. The largest absolute Gasteiger partial charge is 0.372 e. The smallest absolute Gasteiger partial charge is 0.279 e. The first-order valence-corrected chi connectivity index (χ1v) is 4.20. The SMILES string of the molecule is Cc1nc(Cl)c(C(=O)ON=O)cc1[N+](=O)[O-]. The van der Waals surface area contributed by atoms with Gasteiger partial charge in [-0.15, -0.1) is 4.91 Å². The Hall–Kier alpha value is -2.09. The van der Waals surface area contributed by atoms with Gasteiger partial charge < -0.3 is 0 Å². The van der Waals surface area contributed by atoms with Crippen LogP contribution in [0.5, 0.6) is 0 Å². The lowest BCUT2D eigenvalue weighted by Crippen LogP contribution is -2.05. The number of hydrogen-bond donors (Lipinski definition) is 0. The molecule has 84 valence electrons. The maximum Gasteiger partial charge on any atom is 0.372 e. The van der Waals surface area contributed by atoms with E-state index in [1.807, 2.05) is 5.34 Å². The summed E-state index contributed by atoms with van der Waals surface area (Å²) in [6, 6.07) is 0.873. The van der Waals surface area contributed by atoms with Crippen molar-refractivity contribution >= 4 is 23.3 Å². The number of nitrogens with zero attached hydrogens (tertiary/aromatic N) is 3. The van der Waals surface area contributed by atoms with Crippen LogP contribution in [0.15, 0.2) is 11.4 Å². The molecule has 0 aromatic carbocycles. The molecule has 0 unspecified atom stereocenters. The van der Waals surface area contributed by atoms with Crippen molar-refractivity contribution in [2.45, 2.75) is 6.92 Å². The molecule has 0 saturated heterocycles. The zero-order valence-corrected chi connectivity index (χ0v) is 8.59. The summed E-state index contributed by atoms with van der Waals surface area (Å²) in [5, 5.41) is 12.2. The van der Waals surface area contributed by atoms with E-state index in [-0.39, 0.29) is 10.8 Å². The lowest BCUT2D eigenvalue weighted by molar-refractivity contribution is -0.385. The normalized spacial score (nSPS) is 9.62. The van der Waals surface area contributed by atoms with Gasteiger partial charge in [0.15, 0.2) is 5.34 Å². The predicted molar refractivity (Wildman–Crippen MR) is 51.8 cm³/mol. The van der Waals surface area contributed by atoms with Crippen LogP contribution < -0.4 is 0 Å². The highest BCUT2D eigenvalue weighted by atomic mass is 35.5. The third-order valence-electron chi connectivity index (χ3n) is 1.68. The van der Waals surface area contributed by atoms with Gasteiger partial charge in [-0.3, -0.25) is 15.0 Å². The first-order chi connectivity index (χ1) is 7.47. The van der Waals surface area contributed by atoms with E-state index in [4.69, 9.17) is 11.6 Å². The van der Waals surface area contributed by atoms with Crippen molar-refractivity contribution in [3.8, 4) is 0 Å². The van der Waals surface area contributed by atoms with Gasteiger partial charge in [0, 0.05) is 6.07 Å². The Morgan fingerprint density at radius 1 is 1.69 bits per heavy atom. The summed E-state index contributed by atoms with van der Waals surface area (Å²) < 4.78 is 0. The summed E-state index contributed by atoms with van der Waals surface area (Å²) in [6.45, 7) is 1.36. The molecular formula is C7H4ClN3O5. The van der Waals surface area contributed by atoms with E-state index in [2.05, 4.69) is 9.82 Å². The summed E-state index contributed by atoms with van der Waals surface area (Å²) >= 11 is 5.56. The van der Waals surface area contributed by atoms with Crippen LogP contribution in [-0.2, 0) is 4.84 Å². The molecule has 1 heterocycles. The number of nitro groups is 1. The van der Waals surface area contributed by atoms with E-state index in [1.54, 1.807) is 0 Å². The van der Waals surface area contributed by atoms with Crippen LogP contribution in [0.3, 0.4) is 0 Å². The second-order valence-corrected chi connectivity index (χ2v) is 3.00. The first kappa shape index (κ1) is 12.0. The number of aryl methyl sites for hydroxylation is 1. The van der Waals surface area contributed by atoms with Crippen LogP contribution in [0, 0.1) is 21.9 Å². The van der Waals surface area contributed by atoms with Gasteiger partial charge >= 0.3 is 5.97 Å². The van der Waals surface area contributed by atoms with Gasteiger partial charge in [-0.05, 0) is 6.92 Å². The second-order valence-electron chi connectivity index (χ2n) is 2.64. The third-order valence-corrected chi connectivity index (χ3v) is 1.96. The molecule has 16 heavy (non-hydrogen) atoms. The van der Waals surface area contributed by atoms with Crippen LogP contribution in [0.4, 0.5) is 5.69 Å². The van der Waals surface area contributed by atoms with Gasteiger partial charge in [-0.1, -0.05) is 11.6 Å². The Morgan fingerprint density at radius 3 is 2.81 bits per heavy atom. The molecule has 9 heteroatoms. The van der Waals surface area contributed by atoms with Gasteiger partial charge in [0.2, 0.25) is 0 Å². The van der Waals surface area contributed by atoms with Crippen molar-refractivity contribution in [3.63, 3.8) is 0 Å². The summed E-state index contributed by atoms with van der Waals surface area (Å²) in [5.74, 6) is -1.20. The number of carbonyl (C=O) groups is 1. The number of halogens is 1. The Bertz CT molecular complexity index is 475. The lowest BCUT2D eigenvalue weighted by Gasteiger charge is -2.01. The molecule has 1 rings (SSSR count). The molecule has 0 fully saturated rings.